The average molecular weight is 260 g/mol. The number of esters is 1. The molecule has 1 aromatic heterocycles. The Morgan fingerprint density at radius 2 is 1.95 bits per heavy atom. The normalized spacial score (nSPS) is 10.2. The Morgan fingerprint density at radius 1 is 1.21 bits per heavy atom. The maximum Gasteiger partial charge on any atom is 0.374 e. The lowest BCUT2D eigenvalue weighted by Gasteiger charge is -2.03. The molecule has 0 aliphatic carbocycles. The Bertz CT molecular complexity index is 546. The lowest BCUT2D eigenvalue weighted by atomic mass is 10.2. The topological polar surface area (TPSA) is 64.2 Å². The summed E-state index contributed by atoms with van der Waals surface area (Å²) in [5.74, 6) is 0.585. The first-order chi connectivity index (χ1) is 9.24. The first kappa shape index (κ1) is 13.1. The van der Waals surface area contributed by atoms with Crippen LogP contribution in [0.4, 0.5) is 0 Å². The number of benzene rings is 1. The van der Waals surface area contributed by atoms with E-state index in [4.69, 9.17) is 9.47 Å². The summed E-state index contributed by atoms with van der Waals surface area (Å²) < 4.78 is 10.2. The fourth-order valence-electron chi connectivity index (χ4n) is 1.67. The number of rotatable bonds is 5. The zero-order valence-corrected chi connectivity index (χ0v) is 11.0. The third-order valence-corrected chi connectivity index (χ3v) is 2.52. The molecule has 5 nitrogen and oxygen atoms in total. The van der Waals surface area contributed by atoms with Crippen LogP contribution in [-0.2, 0) is 4.74 Å². The van der Waals surface area contributed by atoms with E-state index in [1.807, 2.05) is 31.2 Å². The zero-order chi connectivity index (χ0) is 13.7. The van der Waals surface area contributed by atoms with Crippen molar-refractivity contribution in [3.05, 3.63) is 36.3 Å². The van der Waals surface area contributed by atoms with Crippen LogP contribution in [0.5, 0.6) is 5.75 Å². The van der Waals surface area contributed by atoms with Gasteiger partial charge in [-0.1, -0.05) is 0 Å². The molecule has 100 valence electrons. The van der Waals surface area contributed by atoms with E-state index < -0.39 is 5.97 Å². The summed E-state index contributed by atoms with van der Waals surface area (Å²) in [7, 11) is 0. The minimum atomic E-state index is -0.445. The summed E-state index contributed by atoms with van der Waals surface area (Å²) in [4.78, 5) is 18.4. The number of aromatic nitrogens is 2. The molecule has 0 fully saturated rings. The average Bonchev–Trinajstić information content (AvgIpc) is 2.90. The third kappa shape index (κ3) is 3.13. The molecule has 1 N–H and O–H groups in total. The molecule has 0 unspecified atom stereocenters. The molecular weight excluding hydrogens is 244 g/mol. The molecule has 0 saturated carbocycles. The number of hydrogen-bond acceptors (Lipinski definition) is 4. The van der Waals surface area contributed by atoms with Crippen LogP contribution in [0, 0.1) is 0 Å². The van der Waals surface area contributed by atoms with Crippen LogP contribution in [0.25, 0.3) is 11.3 Å². The van der Waals surface area contributed by atoms with Gasteiger partial charge in [0.05, 0.1) is 25.1 Å². The first-order valence-electron chi connectivity index (χ1n) is 6.20. The van der Waals surface area contributed by atoms with Crippen molar-refractivity contribution in [3.8, 4) is 17.0 Å². The zero-order valence-electron chi connectivity index (χ0n) is 11.0. The van der Waals surface area contributed by atoms with Crippen molar-refractivity contribution in [3.63, 3.8) is 0 Å². The second-order valence-corrected chi connectivity index (χ2v) is 3.82. The highest BCUT2D eigenvalue weighted by Crippen LogP contribution is 2.21. The van der Waals surface area contributed by atoms with Crippen LogP contribution in [0.1, 0.15) is 24.5 Å². The third-order valence-electron chi connectivity index (χ3n) is 2.52. The highest BCUT2D eigenvalue weighted by molar-refractivity contribution is 5.86. The fourth-order valence-corrected chi connectivity index (χ4v) is 1.67. The molecule has 2 rings (SSSR count). The smallest absolute Gasteiger partial charge is 0.374 e. The number of nitrogens with one attached hydrogen (secondary N) is 1. The predicted octanol–water partition coefficient (Wildman–Crippen LogP) is 2.65. The van der Waals surface area contributed by atoms with E-state index in [0.29, 0.717) is 13.2 Å². The summed E-state index contributed by atoms with van der Waals surface area (Å²) in [6.45, 7) is 4.66. The highest BCUT2D eigenvalue weighted by atomic mass is 16.5. The number of imidazole rings is 1. The van der Waals surface area contributed by atoms with Gasteiger partial charge in [0, 0.05) is 0 Å². The molecule has 0 aliphatic rings. The van der Waals surface area contributed by atoms with Gasteiger partial charge < -0.3 is 14.5 Å². The number of carbonyl (C=O) groups excluding carboxylic acids is 1. The molecule has 1 heterocycles. The van der Waals surface area contributed by atoms with Gasteiger partial charge in [-0.25, -0.2) is 9.78 Å². The molecule has 0 bridgehead atoms. The van der Waals surface area contributed by atoms with Crippen molar-refractivity contribution in [2.45, 2.75) is 13.8 Å². The van der Waals surface area contributed by atoms with E-state index in [9.17, 15) is 4.79 Å². The molecule has 0 radical (unpaired) electrons. The number of carbonyl (C=O) groups is 1. The summed E-state index contributed by atoms with van der Waals surface area (Å²) in [6.07, 6.45) is 1.61. The monoisotopic (exact) mass is 260 g/mol. The molecule has 0 aliphatic heterocycles. The summed E-state index contributed by atoms with van der Waals surface area (Å²) >= 11 is 0. The van der Waals surface area contributed by atoms with Crippen molar-refractivity contribution in [2.75, 3.05) is 13.2 Å². The lowest BCUT2D eigenvalue weighted by molar-refractivity contribution is 0.0513. The van der Waals surface area contributed by atoms with Gasteiger partial charge in [0.25, 0.3) is 0 Å². The standard InChI is InChI=1S/C14H16N2O3/c1-3-18-11-7-5-10(6-8-11)12-9-15-13(16-12)14(17)19-4-2/h5-9H,3-4H2,1-2H3,(H,15,16). The van der Waals surface area contributed by atoms with Crippen molar-refractivity contribution in [1.29, 1.82) is 0 Å². The minimum absolute atomic E-state index is 0.214. The molecule has 19 heavy (non-hydrogen) atoms. The Balaban J connectivity index is 2.15. The van der Waals surface area contributed by atoms with Crippen molar-refractivity contribution in [2.24, 2.45) is 0 Å². The van der Waals surface area contributed by atoms with Crippen molar-refractivity contribution >= 4 is 5.97 Å². The van der Waals surface area contributed by atoms with Crippen LogP contribution in [-0.4, -0.2) is 29.2 Å². The molecule has 0 amide bonds. The summed E-state index contributed by atoms with van der Waals surface area (Å²) in [5.41, 5.74) is 1.71. The van der Waals surface area contributed by atoms with Crippen LogP contribution < -0.4 is 4.74 Å². The number of hydrogen-bond donors (Lipinski definition) is 1. The molecule has 2 aromatic rings. The first-order valence-corrected chi connectivity index (χ1v) is 6.20. The van der Waals surface area contributed by atoms with Crippen LogP contribution in [0.3, 0.4) is 0 Å². The number of nitrogens with zero attached hydrogens (tertiary/aromatic N) is 1. The Morgan fingerprint density at radius 3 is 2.58 bits per heavy atom. The van der Waals surface area contributed by atoms with E-state index in [2.05, 4.69) is 9.97 Å². The second-order valence-electron chi connectivity index (χ2n) is 3.82. The Labute approximate surface area is 111 Å². The van der Waals surface area contributed by atoms with E-state index in [1.54, 1.807) is 13.1 Å². The summed E-state index contributed by atoms with van der Waals surface area (Å²) in [6, 6.07) is 7.58. The van der Waals surface area contributed by atoms with Gasteiger partial charge in [0.1, 0.15) is 5.75 Å². The highest BCUT2D eigenvalue weighted by Gasteiger charge is 2.11. The maximum absolute atomic E-state index is 11.5. The van der Waals surface area contributed by atoms with Crippen LogP contribution >= 0.6 is 0 Å². The largest absolute Gasteiger partial charge is 0.494 e. The van der Waals surface area contributed by atoms with Gasteiger partial charge in [-0.15, -0.1) is 0 Å². The van der Waals surface area contributed by atoms with Gasteiger partial charge in [-0.3, -0.25) is 0 Å². The van der Waals surface area contributed by atoms with E-state index in [1.165, 1.54) is 0 Å². The van der Waals surface area contributed by atoms with E-state index in [-0.39, 0.29) is 5.82 Å². The molecule has 0 atom stereocenters. The number of aromatic amines is 1. The Kier molecular flexibility index (Phi) is 4.18. The van der Waals surface area contributed by atoms with Gasteiger partial charge in [0.2, 0.25) is 5.82 Å². The predicted molar refractivity (Wildman–Crippen MR) is 71.1 cm³/mol. The Hall–Kier alpha value is -2.30. The van der Waals surface area contributed by atoms with Crippen molar-refractivity contribution in [1.82, 2.24) is 9.97 Å². The molecule has 0 saturated heterocycles. The van der Waals surface area contributed by atoms with Gasteiger partial charge in [-0.05, 0) is 43.7 Å². The lowest BCUT2D eigenvalue weighted by Crippen LogP contribution is -2.06. The van der Waals surface area contributed by atoms with Gasteiger partial charge >= 0.3 is 5.97 Å². The van der Waals surface area contributed by atoms with E-state index >= 15 is 0 Å². The number of ether oxygens (including phenoxy) is 2. The molecule has 1 aromatic carbocycles. The quantitative estimate of drug-likeness (QED) is 0.839. The number of H-pyrrole nitrogens is 1. The van der Waals surface area contributed by atoms with Crippen LogP contribution in [0.2, 0.25) is 0 Å². The minimum Gasteiger partial charge on any atom is -0.494 e. The SMILES string of the molecule is CCOC(=O)c1ncc(-c2ccc(OCC)cc2)[nH]1. The summed E-state index contributed by atoms with van der Waals surface area (Å²) in [5, 5.41) is 0. The van der Waals surface area contributed by atoms with Crippen LogP contribution in [0.15, 0.2) is 30.5 Å². The maximum atomic E-state index is 11.5. The van der Waals surface area contributed by atoms with E-state index in [0.717, 1.165) is 17.0 Å². The van der Waals surface area contributed by atoms with Gasteiger partial charge in [-0.2, -0.15) is 0 Å². The van der Waals surface area contributed by atoms with Crippen molar-refractivity contribution < 1.29 is 14.3 Å². The molecule has 5 heteroatoms. The molecular formula is C14H16N2O3. The fraction of sp³-hybridized carbons (Fsp3) is 0.286. The van der Waals surface area contributed by atoms with Gasteiger partial charge in [0.15, 0.2) is 0 Å². The molecule has 0 spiro atoms. The second kappa shape index (κ2) is 6.04.